The third kappa shape index (κ3) is 3.63. The summed E-state index contributed by atoms with van der Waals surface area (Å²) >= 11 is 0. The number of nitrogens with one attached hydrogen (secondary N) is 1. The molecular formula is C17H16N6O2. The second-order valence-corrected chi connectivity index (χ2v) is 5.15. The Labute approximate surface area is 143 Å². The minimum absolute atomic E-state index is 0.0352. The van der Waals surface area contributed by atoms with Gasteiger partial charge in [-0.3, -0.25) is 9.78 Å². The third-order valence-electron chi connectivity index (χ3n) is 3.42. The van der Waals surface area contributed by atoms with Crippen LogP contribution in [0.1, 0.15) is 10.5 Å². The van der Waals surface area contributed by atoms with Gasteiger partial charge in [-0.05, 0) is 30.3 Å². The van der Waals surface area contributed by atoms with Crippen molar-refractivity contribution in [1.82, 2.24) is 9.97 Å². The topological polar surface area (TPSA) is 129 Å². The summed E-state index contributed by atoms with van der Waals surface area (Å²) in [6.45, 7) is 0. The number of hydrogen-bond acceptors (Lipinski definition) is 6. The van der Waals surface area contributed by atoms with Crippen LogP contribution in [0.15, 0.2) is 53.8 Å². The Balaban J connectivity index is 1.93. The fraction of sp³-hybridized carbons (Fsp3) is 0.0588. The van der Waals surface area contributed by atoms with Gasteiger partial charge in [0.25, 0.3) is 11.9 Å². The van der Waals surface area contributed by atoms with Crippen molar-refractivity contribution in [2.24, 2.45) is 10.7 Å². The number of carbonyl (C=O) groups excluding carboxylic acids is 1. The minimum atomic E-state index is -0.362. The fourth-order valence-electron chi connectivity index (χ4n) is 2.20. The highest BCUT2D eigenvalue weighted by atomic mass is 16.5. The molecule has 0 fully saturated rings. The van der Waals surface area contributed by atoms with Crippen molar-refractivity contribution in [3.63, 3.8) is 0 Å². The van der Waals surface area contributed by atoms with Crippen molar-refractivity contribution in [3.05, 3.63) is 54.5 Å². The van der Waals surface area contributed by atoms with Gasteiger partial charge in [-0.25, -0.2) is 4.98 Å². The predicted molar refractivity (Wildman–Crippen MR) is 96.6 cm³/mol. The van der Waals surface area contributed by atoms with E-state index >= 15 is 0 Å². The molecule has 1 amide bonds. The van der Waals surface area contributed by atoms with Gasteiger partial charge in [-0.2, -0.15) is 4.99 Å². The molecule has 8 heteroatoms. The zero-order chi connectivity index (χ0) is 17.8. The molecule has 0 unspecified atom stereocenters. The quantitative estimate of drug-likeness (QED) is 0.496. The Bertz CT molecular complexity index is 953. The summed E-state index contributed by atoms with van der Waals surface area (Å²) in [6, 6.07) is 10.4. The number of nitrogens with zero attached hydrogens (tertiary/aromatic N) is 3. The highest BCUT2D eigenvalue weighted by Crippen LogP contribution is 2.27. The molecule has 0 aliphatic rings. The number of nitrogen functional groups attached to an aromatic ring is 1. The summed E-state index contributed by atoms with van der Waals surface area (Å²) < 4.78 is 4.88. The molecule has 5 N–H and O–H groups in total. The van der Waals surface area contributed by atoms with Crippen molar-refractivity contribution in [2.45, 2.75) is 0 Å². The summed E-state index contributed by atoms with van der Waals surface area (Å²) in [5, 5.41) is 3.48. The SMILES string of the molecule is CO/C(N)=N\c1cccc2ncc(NC(=O)c3ccc(N)cn3)cc12. The number of methoxy groups -OCH3 is 1. The van der Waals surface area contributed by atoms with E-state index in [9.17, 15) is 4.79 Å². The highest BCUT2D eigenvalue weighted by Gasteiger charge is 2.09. The first kappa shape index (κ1) is 16.2. The molecule has 126 valence electrons. The number of anilines is 2. The number of hydrogen-bond donors (Lipinski definition) is 3. The molecule has 0 radical (unpaired) electrons. The first-order valence-electron chi connectivity index (χ1n) is 7.36. The van der Waals surface area contributed by atoms with Crippen molar-refractivity contribution in [1.29, 1.82) is 0 Å². The van der Waals surface area contributed by atoms with E-state index in [-0.39, 0.29) is 17.6 Å². The lowest BCUT2D eigenvalue weighted by atomic mass is 10.1. The van der Waals surface area contributed by atoms with Crippen LogP contribution >= 0.6 is 0 Å². The lowest BCUT2D eigenvalue weighted by Crippen LogP contribution is -2.14. The van der Waals surface area contributed by atoms with Crippen LogP contribution in [0.4, 0.5) is 17.1 Å². The highest BCUT2D eigenvalue weighted by molar-refractivity contribution is 6.04. The number of rotatable bonds is 3. The molecule has 0 atom stereocenters. The first-order chi connectivity index (χ1) is 12.1. The number of fused-ring (bicyclic) bond motifs is 1. The van der Waals surface area contributed by atoms with Gasteiger partial charge in [0.05, 0.1) is 42.1 Å². The second kappa shape index (κ2) is 6.83. The Morgan fingerprint density at radius 1 is 1.20 bits per heavy atom. The van der Waals surface area contributed by atoms with E-state index in [4.69, 9.17) is 16.2 Å². The van der Waals surface area contributed by atoms with Crippen molar-refractivity contribution >= 4 is 39.9 Å². The first-order valence-corrected chi connectivity index (χ1v) is 7.36. The van der Waals surface area contributed by atoms with Crippen LogP contribution in [-0.4, -0.2) is 29.0 Å². The van der Waals surface area contributed by atoms with Crippen LogP contribution in [0.2, 0.25) is 0 Å². The van der Waals surface area contributed by atoms with Crippen molar-refractivity contribution < 1.29 is 9.53 Å². The molecule has 1 aromatic carbocycles. The number of amidine groups is 1. The Kier molecular flexibility index (Phi) is 4.42. The average molecular weight is 336 g/mol. The van der Waals surface area contributed by atoms with Gasteiger partial charge in [0.2, 0.25) is 0 Å². The van der Waals surface area contributed by atoms with Crippen molar-refractivity contribution in [3.8, 4) is 0 Å². The van der Waals surface area contributed by atoms with E-state index in [0.717, 1.165) is 5.39 Å². The van der Waals surface area contributed by atoms with E-state index in [1.165, 1.54) is 13.3 Å². The number of aromatic nitrogens is 2. The summed E-state index contributed by atoms with van der Waals surface area (Å²) in [6.07, 6.45) is 2.98. The summed E-state index contributed by atoms with van der Waals surface area (Å²) in [4.78, 5) is 24.8. The molecule has 0 spiro atoms. The minimum Gasteiger partial charge on any atom is -0.469 e. The third-order valence-corrected chi connectivity index (χ3v) is 3.42. The monoisotopic (exact) mass is 336 g/mol. The molecule has 3 rings (SSSR count). The lowest BCUT2D eigenvalue weighted by Gasteiger charge is -2.08. The van der Waals surface area contributed by atoms with Gasteiger partial charge in [-0.15, -0.1) is 0 Å². The van der Waals surface area contributed by atoms with E-state index < -0.39 is 0 Å². The summed E-state index contributed by atoms with van der Waals surface area (Å²) in [5.41, 5.74) is 13.8. The number of pyridine rings is 2. The van der Waals surface area contributed by atoms with Gasteiger partial charge >= 0.3 is 0 Å². The molecule has 8 nitrogen and oxygen atoms in total. The number of aliphatic imine (C=N–C) groups is 1. The molecule has 0 saturated heterocycles. The Hall–Kier alpha value is -3.68. The molecular weight excluding hydrogens is 320 g/mol. The fourth-order valence-corrected chi connectivity index (χ4v) is 2.20. The van der Waals surface area contributed by atoms with Gasteiger partial charge in [0, 0.05) is 5.39 Å². The molecule has 0 saturated carbocycles. The van der Waals surface area contributed by atoms with Gasteiger partial charge in [0.15, 0.2) is 0 Å². The molecule has 0 aliphatic heterocycles. The maximum atomic E-state index is 12.3. The second-order valence-electron chi connectivity index (χ2n) is 5.15. The molecule has 25 heavy (non-hydrogen) atoms. The average Bonchev–Trinajstić information content (AvgIpc) is 2.62. The van der Waals surface area contributed by atoms with Crippen molar-refractivity contribution in [2.75, 3.05) is 18.2 Å². The summed E-state index contributed by atoms with van der Waals surface area (Å²) in [5.74, 6) is -0.362. The number of amides is 1. The number of carbonyl (C=O) groups is 1. The maximum Gasteiger partial charge on any atom is 0.286 e. The number of nitrogens with two attached hydrogens (primary N) is 2. The summed E-state index contributed by atoms with van der Waals surface area (Å²) in [7, 11) is 1.44. The largest absolute Gasteiger partial charge is 0.469 e. The maximum absolute atomic E-state index is 12.3. The van der Waals surface area contributed by atoms with E-state index in [0.29, 0.717) is 22.6 Å². The van der Waals surface area contributed by atoms with Crippen LogP contribution in [0.25, 0.3) is 10.9 Å². The van der Waals surface area contributed by atoms with Gasteiger partial charge in [-0.1, -0.05) is 6.07 Å². The number of ether oxygens (including phenoxy) is 1. The molecule has 3 aromatic rings. The van der Waals surface area contributed by atoms with Gasteiger partial charge in [0.1, 0.15) is 5.69 Å². The standard InChI is InChI=1S/C17H16N6O2/c1-25-17(19)23-14-4-2-3-13-12(14)7-11(9-21-13)22-16(24)15-6-5-10(18)8-20-15/h2-9H,18H2,1H3,(H2,19,23)(H,22,24). The van der Waals surface area contributed by atoms with Crippen LogP contribution in [0.3, 0.4) is 0 Å². The van der Waals surface area contributed by atoms with E-state index in [1.54, 1.807) is 30.5 Å². The van der Waals surface area contributed by atoms with Gasteiger partial charge < -0.3 is 21.5 Å². The molecule has 0 aliphatic carbocycles. The van der Waals surface area contributed by atoms with Crippen LogP contribution in [0, 0.1) is 0 Å². The zero-order valence-corrected chi connectivity index (χ0v) is 13.4. The molecule has 2 heterocycles. The smallest absolute Gasteiger partial charge is 0.286 e. The normalized spacial score (nSPS) is 11.3. The van der Waals surface area contributed by atoms with E-state index in [2.05, 4.69) is 20.3 Å². The Morgan fingerprint density at radius 2 is 2.04 bits per heavy atom. The molecule has 0 bridgehead atoms. The zero-order valence-electron chi connectivity index (χ0n) is 13.4. The van der Waals surface area contributed by atoms with Crippen LogP contribution in [0.5, 0.6) is 0 Å². The molecule has 2 aromatic heterocycles. The van der Waals surface area contributed by atoms with Crippen LogP contribution in [-0.2, 0) is 4.74 Å². The predicted octanol–water partition coefficient (Wildman–Crippen LogP) is 2.06. The van der Waals surface area contributed by atoms with E-state index in [1.807, 2.05) is 12.1 Å². The van der Waals surface area contributed by atoms with Crippen LogP contribution < -0.4 is 16.8 Å². The lowest BCUT2D eigenvalue weighted by molar-refractivity contribution is 0.102. The Morgan fingerprint density at radius 3 is 2.76 bits per heavy atom. The number of benzene rings is 1.